The summed E-state index contributed by atoms with van der Waals surface area (Å²) in [6.45, 7) is 18.9. The van der Waals surface area contributed by atoms with Crippen molar-refractivity contribution in [1.82, 2.24) is 68.4 Å². The third-order valence-electron chi connectivity index (χ3n) is 16.9. The van der Waals surface area contributed by atoms with E-state index in [-0.39, 0.29) is 33.8 Å². The van der Waals surface area contributed by atoms with Crippen LogP contribution in [0.15, 0.2) is 129 Å². The largest absolute Gasteiger partial charge is 0.472 e. The summed E-state index contributed by atoms with van der Waals surface area (Å²) in [7, 11) is -10.7. The zero-order chi connectivity index (χ0) is 69.5. The van der Waals surface area contributed by atoms with E-state index in [0.717, 1.165) is 16.7 Å². The van der Waals surface area contributed by atoms with Crippen LogP contribution in [-0.2, 0) is 61.1 Å². The maximum absolute atomic E-state index is 14.1. The highest BCUT2D eigenvalue weighted by Gasteiger charge is 2.53. The van der Waals surface area contributed by atoms with Gasteiger partial charge in [0.2, 0.25) is 0 Å². The number of fused-ring (bicyclic) bond motifs is 3. The molecule has 0 spiro atoms. The molecule has 33 nitrogen and oxygen atoms in total. The number of phosphoric acid groups is 2. The van der Waals surface area contributed by atoms with E-state index in [1.165, 1.54) is 90.9 Å². The van der Waals surface area contributed by atoms with Crippen molar-refractivity contribution in [2.45, 2.75) is 135 Å². The van der Waals surface area contributed by atoms with Crippen molar-refractivity contribution in [3.05, 3.63) is 146 Å². The van der Waals surface area contributed by atoms with Gasteiger partial charge < -0.3 is 75.3 Å². The molecule has 0 radical (unpaired) electrons. The van der Waals surface area contributed by atoms with Crippen LogP contribution in [0, 0.1) is 0 Å². The molecule has 3 aromatic carbocycles. The molecule has 0 saturated carbocycles. The Labute approximate surface area is 565 Å². The minimum atomic E-state index is -5.37. The highest BCUT2D eigenvalue weighted by atomic mass is 31.2. The van der Waals surface area contributed by atoms with Crippen LogP contribution in [-0.4, -0.2) is 218 Å². The van der Waals surface area contributed by atoms with Crippen LogP contribution >= 0.6 is 15.6 Å². The molecule has 10 N–H and O–H groups in total. The second-order valence-corrected chi connectivity index (χ2v) is 25.7. The van der Waals surface area contributed by atoms with E-state index in [1.54, 1.807) is 0 Å². The third-order valence-corrected chi connectivity index (χ3v) is 18.9. The summed E-state index contributed by atoms with van der Waals surface area (Å²) in [5, 5.41) is 65.5. The smallest absolute Gasteiger partial charge is 0.394 e. The van der Waals surface area contributed by atoms with E-state index in [9.17, 15) is 44.4 Å². The van der Waals surface area contributed by atoms with E-state index in [1.807, 2.05) is 91.0 Å². The maximum Gasteiger partial charge on any atom is 0.472 e. The molecule has 528 valence electrons. The Bertz CT molecular complexity index is 4030. The molecule has 98 heavy (non-hydrogen) atoms. The molecule has 0 amide bonds. The lowest BCUT2D eigenvalue weighted by Gasteiger charge is -2.25. The predicted molar refractivity (Wildman–Crippen MR) is 358 cm³/mol. The molecule has 6 aromatic heterocycles. The number of aromatic nitrogens is 12. The summed E-state index contributed by atoms with van der Waals surface area (Å²) in [5.41, 5.74) is 4.18. The topological polar surface area (TPSA) is 414 Å². The first-order valence-electron chi connectivity index (χ1n) is 32.3. The second kappa shape index (κ2) is 34.1. The van der Waals surface area contributed by atoms with Crippen molar-refractivity contribution in [2.24, 2.45) is 0 Å². The average Bonchev–Trinajstić information content (AvgIpc) is 1.62. The van der Waals surface area contributed by atoms with Crippen molar-refractivity contribution in [1.29, 1.82) is 0 Å². The van der Waals surface area contributed by atoms with Crippen molar-refractivity contribution in [3.63, 3.8) is 0 Å². The molecule has 12 rings (SSSR count). The number of imidazole rings is 3. The number of anilines is 3. The average molecular weight is 1400 g/mol. The van der Waals surface area contributed by atoms with E-state index < -0.39 is 109 Å². The van der Waals surface area contributed by atoms with E-state index in [0.29, 0.717) is 36.8 Å². The van der Waals surface area contributed by atoms with Crippen LogP contribution in [0.3, 0.4) is 0 Å². The highest BCUT2D eigenvalue weighted by Crippen LogP contribution is 2.53. The number of hydrogen-bond donors (Lipinski definition) is 10. The lowest BCUT2D eigenvalue weighted by atomic mass is 10.1. The number of nitrogens with one attached hydrogen (secondary N) is 3. The molecule has 0 bridgehead atoms. The summed E-state index contributed by atoms with van der Waals surface area (Å²) >= 11 is 0. The Kier molecular flexibility index (Phi) is 25.5. The number of phosphoric ester groups is 2. The number of hydrogen-bond acceptors (Lipinski definition) is 28. The van der Waals surface area contributed by atoms with Gasteiger partial charge in [-0.15, -0.1) is 0 Å². The first-order valence-corrected chi connectivity index (χ1v) is 35.3. The van der Waals surface area contributed by atoms with E-state index in [2.05, 4.69) is 112 Å². The molecular weight excluding hydrogens is 1310 g/mol. The van der Waals surface area contributed by atoms with Crippen molar-refractivity contribution < 1.29 is 76.8 Å². The van der Waals surface area contributed by atoms with Gasteiger partial charge >= 0.3 is 15.6 Å². The maximum atomic E-state index is 14.1. The van der Waals surface area contributed by atoms with Crippen molar-refractivity contribution >= 4 is 66.6 Å². The van der Waals surface area contributed by atoms with Crippen molar-refractivity contribution in [2.75, 3.05) is 75.0 Å². The minimum Gasteiger partial charge on any atom is -0.394 e. The van der Waals surface area contributed by atoms with Gasteiger partial charge in [0.1, 0.15) is 73.9 Å². The van der Waals surface area contributed by atoms with Gasteiger partial charge in [-0.2, -0.15) is 0 Å². The number of aliphatic hydroxyl groups is 5. The molecule has 0 aliphatic carbocycles. The lowest BCUT2D eigenvalue weighted by Crippen LogP contribution is -2.37. The fraction of sp³-hybridized carbons (Fsp3) is 0.476. The normalized spacial score (nSPS) is 24.3. The Balaban J connectivity index is 0.000000673. The number of rotatable bonds is 29. The molecule has 3 aliphatic rings. The zero-order valence-corrected chi connectivity index (χ0v) is 56.8. The Morgan fingerprint density at radius 1 is 0.439 bits per heavy atom. The molecule has 3 fully saturated rings. The first kappa shape index (κ1) is 73.3. The Hall–Kier alpha value is -7.47. The van der Waals surface area contributed by atoms with Gasteiger partial charge in [0.15, 0.2) is 69.6 Å². The van der Waals surface area contributed by atoms with Gasteiger partial charge in [0, 0.05) is 19.6 Å². The van der Waals surface area contributed by atoms with Crippen LogP contribution < -0.4 is 16.0 Å². The molecule has 14 atom stereocenters. The minimum absolute atomic E-state index is 0.0905. The summed E-state index contributed by atoms with van der Waals surface area (Å²) in [6, 6.07) is 28.5. The van der Waals surface area contributed by atoms with Gasteiger partial charge in [-0.3, -0.25) is 31.8 Å². The van der Waals surface area contributed by atoms with E-state index >= 15 is 0 Å². The molecule has 3 saturated heterocycles. The summed E-state index contributed by atoms with van der Waals surface area (Å²) < 4.78 is 72.2. The summed E-state index contributed by atoms with van der Waals surface area (Å²) in [5.74, 6) is 1.02. The van der Waals surface area contributed by atoms with Crippen LogP contribution in [0.4, 0.5) is 17.5 Å². The van der Waals surface area contributed by atoms with Gasteiger partial charge in [-0.25, -0.2) is 54.0 Å². The fourth-order valence-electron chi connectivity index (χ4n) is 11.4. The summed E-state index contributed by atoms with van der Waals surface area (Å²) in [4.78, 5) is 66.8. The van der Waals surface area contributed by atoms with Crippen LogP contribution in [0.2, 0.25) is 0 Å². The monoisotopic (exact) mass is 1400 g/mol. The summed E-state index contributed by atoms with van der Waals surface area (Å²) in [6.07, 6.45) is -11.7. The SMILES string of the molecule is CCN(CC)CC.CCN(CC)CC.O=P(O)(OC[C@H]1O[C@@H](n2cnc3c(NCc4ccccc4)ncnc32)[C@H](OP(=O)(O)OC[C@H]2O[C@@H](n3cnc4c(NCc5ccccc5)ncnc43)[C@H](O)[C@@H]2O)[C@@H]1O)O[C@@H]1[C@H](O)[C@@H](CO)O[C@H]1n1cnc2c(NCc3ccccc3)ncnc21. The van der Waals surface area contributed by atoms with E-state index in [4.69, 9.17) is 32.3 Å². The second-order valence-electron chi connectivity index (χ2n) is 22.9. The number of ether oxygens (including phenoxy) is 3. The van der Waals surface area contributed by atoms with Gasteiger partial charge in [0.25, 0.3) is 0 Å². The lowest BCUT2D eigenvalue weighted by molar-refractivity contribution is -0.0645. The van der Waals surface area contributed by atoms with Crippen LogP contribution in [0.25, 0.3) is 33.5 Å². The fourth-order valence-corrected chi connectivity index (χ4v) is 13.3. The first-order chi connectivity index (χ1) is 47.4. The standard InChI is InChI=1S/C51H55N15O16P2.2C6H15N/c67-19-31-38(69)41(50(78-31)65-26-62-35-44(56-23-59-47(35)65)53-17-29-12-6-2-7-13-29)81-84(74,75)77-21-33-39(70)42(51(80-33)66-27-63-36-45(57-24-60-48(36)66)54-18-30-14-8-3-9-15-30)82-83(72,73)76-20-32-37(68)40(71)49(79-32)64-25-61-34-43(55-22-58-46(34)64)52-16-28-10-4-1-5-11-28;2*1-4-7(5-2)6-3/h1-15,22-27,31-33,37-42,49-51,67-71H,16-21H2,(H,72,73)(H,74,75)(H,52,55,58)(H,53,56,59)(H,54,57,60);2*4-6H2,1-3H3/t31-,32-,33-,37-,38-,39-,40-,41-,42-,49-,50-,51-;;/m1../s1. The molecular formula is C63H85N17O16P2. The number of nitrogens with zero attached hydrogens (tertiary/aromatic N) is 14. The third kappa shape index (κ3) is 17.6. The number of benzene rings is 3. The Morgan fingerprint density at radius 2 is 0.755 bits per heavy atom. The van der Waals surface area contributed by atoms with Gasteiger partial charge in [0.05, 0.1) is 38.8 Å². The Morgan fingerprint density at radius 3 is 1.09 bits per heavy atom. The molecule has 2 unspecified atom stereocenters. The highest BCUT2D eigenvalue weighted by molar-refractivity contribution is 7.47. The quantitative estimate of drug-likeness (QED) is 0.0270. The van der Waals surface area contributed by atoms with Crippen LogP contribution in [0.5, 0.6) is 0 Å². The van der Waals surface area contributed by atoms with Crippen LogP contribution in [0.1, 0.15) is 76.9 Å². The van der Waals surface area contributed by atoms with Gasteiger partial charge in [-0.05, 0) is 56.0 Å². The molecule has 9 aromatic rings. The van der Waals surface area contributed by atoms with Gasteiger partial charge in [-0.1, -0.05) is 133 Å². The predicted octanol–water partition coefficient (Wildman–Crippen LogP) is 5.17. The zero-order valence-electron chi connectivity index (χ0n) is 55.0. The molecule has 9 heterocycles. The molecule has 35 heteroatoms. The number of aliphatic hydroxyl groups excluding tert-OH is 5. The molecule has 3 aliphatic heterocycles. The van der Waals surface area contributed by atoms with Crippen molar-refractivity contribution in [3.8, 4) is 0 Å².